The van der Waals surface area contributed by atoms with Crippen LogP contribution in [-0.4, -0.2) is 0 Å². The third-order valence-electron chi connectivity index (χ3n) is 3.93. The number of nitrogens with two attached hydrogens (primary N) is 1. The molecular weight excluding hydrogens is 232 g/mol. The molecule has 1 aromatic rings. The zero-order chi connectivity index (χ0) is 13.1. The Bertz CT molecular complexity index is 434. The summed E-state index contributed by atoms with van der Waals surface area (Å²) in [4.78, 5) is 0. The summed E-state index contributed by atoms with van der Waals surface area (Å²) >= 11 is 0. The first-order valence-electron chi connectivity index (χ1n) is 6.47. The van der Waals surface area contributed by atoms with E-state index in [0.717, 1.165) is 32.1 Å². The van der Waals surface area contributed by atoms with Crippen LogP contribution in [0.4, 0.5) is 14.5 Å². The van der Waals surface area contributed by atoms with Gasteiger partial charge in [-0.25, -0.2) is 8.78 Å². The number of benzene rings is 1. The Morgan fingerprint density at radius 2 is 1.83 bits per heavy atom. The lowest BCUT2D eigenvalue weighted by Crippen LogP contribution is -2.14. The summed E-state index contributed by atoms with van der Waals surface area (Å²) in [5.41, 5.74) is 5.73. The van der Waals surface area contributed by atoms with Crippen molar-refractivity contribution in [2.24, 2.45) is 5.92 Å². The van der Waals surface area contributed by atoms with E-state index >= 15 is 0 Å². The average Bonchev–Trinajstić information content (AvgIpc) is 2.38. The van der Waals surface area contributed by atoms with Gasteiger partial charge in [-0.15, -0.1) is 6.58 Å². The van der Waals surface area contributed by atoms with Crippen LogP contribution in [0.15, 0.2) is 24.8 Å². The highest BCUT2D eigenvalue weighted by Gasteiger charge is 2.25. The molecular formula is C15H19F2N. The van der Waals surface area contributed by atoms with Gasteiger partial charge in [-0.3, -0.25) is 0 Å². The fourth-order valence-electron chi connectivity index (χ4n) is 2.84. The Morgan fingerprint density at radius 3 is 2.44 bits per heavy atom. The summed E-state index contributed by atoms with van der Waals surface area (Å²) in [6, 6.07) is 3.09. The van der Waals surface area contributed by atoms with Crippen LogP contribution in [0, 0.1) is 17.6 Å². The summed E-state index contributed by atoms with van der Waals surface area (Å²) in [6.07, 6.45) is 6.90. The summed E-state index contributed by atoms with van der Waals surface area (Å²) in [5, 5.41) is 0. The van der Waals surface area contributed by atoms with Crippen LogP contribution in [-0.2, 0) is 0 Å². The minimum Gasteiger partial charge on any atom is -0.396 e. The lowest BCUT2D eigenvalue weighted by atomic mass is 9.77. The number of hydrogen-bond acceptors (Lipinski definition) is 1. The van der Waals surface area contributed by atoms with Gasteiger partial charge in [-0.2, -0.15) is 0 Å². The van der Waals surface area contributed by atoms with Crippen molar-refractivity contribution < 1.29 is 8.78 Å². The molecule has 0 saturated heterocycles. The number of hydrogen-bond donors (Lipinski definition) is 1. The van der Waals surface area contributed by atoms with Crippen molar-refractivity contribution in [2.75, 3.05) is 5.73 Å². The molecule has 1 saturated carbocycles. The number of anilines is 1. The Morgan fingerprint density at radius 1 is 1.17 bits per heavy atom. The molecule has 0 spiro atoms. The molecule has 0 radical (unpaired) electrons. The van der Waals surface area contributed by atoms with E-state index in [4.69, 9.17) is 5.73 Å². The van der Waals surface area contributed by atoms with Gasteiger partial charge in [0.25, 0.3) is 0 Å². The van der Waals surface area contributed by atoms with E-state index in [1.807, 2.05) is 6.08 Å². The van der Waals surface area contributed by atoms with E-state index < -0.39 is 11.6 Å². The second kappa shape index (κ2) is 5.51. The highest BCUT2D eigenvalue weighted by atomic mass is 19.2. The summed E-state index contributed by atoms with van der Waals surface area (Å²) < 4.78 is 27.3. The van der Waals surface area contributed by atoms with Crippen LogP contribution < -0.4 is 5.73 Å². The quantitative estimate of drug-likeness (QED) is 0.625. The first-order valence-corrected chi connectivity index (χ1v) is 6.47. The fraction of sp³-hybridized carbons (Fsp3) is 0.467. The van der Waals surface area contributed by atoms with Gasteiger partial charge in [-0.1, -0.05) is 12.1 Å². The summed E-state index contributed by atoms with van der Waals surface area (Å²) in [5.74, 6) is -0.885. The van der Waals surface area contributed by atoms with E-state index in [2.05, 4.69) is 6.58 Å². The maximum absolute atomic E-state index is 13.8. The SMILES string of the molecule is C=CCC1CCC(c2ccc(N)c(F)c2F)CC1. The molecule has 1 nitrogen and oxygen atoms in total. The average molecular weight is 251 g/mol. The van der Waals surface area contributed by atoms with Crippen molar-refractivity contribution in [1.82, 2.24) is 0 Å². The molecule has 0 amide bonds. The van der Waals surface area contributed by atoms with Crippen LogP contribution in [0.3, 0.4) is 0 Å². The fourth-order valence-corrected chi connectivity index (χ4v) is 2.84. The van der Waals surface area contributed by atoms with Gasteiger partial charge in [0, 0.05) is 0 Å². The molecule has 0 aromatic heterocycles. The molecule has 1 aliphatic carbocycles. The van der Waals surface area contributed by atoms with Gasteiger partial charge in [0.15, 0.2) is 11.6 Å². The maximum atomic E-state index is 13.8. The minimum absolute atomic E-state index is 0.114. The van der Waals surface area contributed by atoms with Crippen LogP contribution >= 0.6 is 0 Å². The van der Waals surface area contributed by atoms with Crippen molar-refractivity contribution >= 4 is 5.69 Å². The van der Waals surface area contributed by atoms with Crippen LogP contribution in [0.1, 0.15) is 43.6 Å². The predicted molar refractivity (Wildman–Crippen MR) is 70.3 cm³/mol. The van der Waals surface area contributed by atoms with Crippen LogP contribution in [0.25, 0.3) is 0 Å². The van der Waals surface area contributed by atoms with Gasteiger partial charge in [-0.05, 0) is 55.6 Å². The largest absolute Gasteiger partial charge is 0.396 e. The first-order chi connectivity index (χ1) is 8.63. The molecule has 0 heterocycles. The van der Waals surface area contributed by atoms with E-state index in [1.165, 1.54) is 6.07 Å². The van der Waals surface area contributed by atoms with E-state index in [9.17, 15) is 8.78 Å². The van der Waals surface area contributed by atoms with Crippen molar-refractivity contribution in [1.29, 1.82) is 0 Å². The maximum Gasteiger partial charge on any atom is 0.181 e. The lowest BCUT2D eigenvalue weighted by Gasteiger charge is -2.28. The monoisotopic (exact) mass is 251 g/mol. The molecule has 2 rings (SSSR count). The molecule has 1 aromatic carbocycles. The van der Waals surface area contributed by atoms with Gasteiger partial charge in [0.2, 0.25) is 0 Å². The Kier molecular flexibility index (Phi) is 4.00. The van der Waals surface area contributed by atoms with E-state index in [-0.39, 0.29) is 11.6 Å². The molecule has 1 fully saturated rings. The molecule has 3 heteroatoms. The van der Waals surface area contributed by atoms with Gasteiger partial charge in [0.1, 0.15) is 0 Å². The standard InChI is InChI=1S/C15H19F2N/c1-2-3-10-4-6-11(7-5-10)12-8-9-13(18)15(17)14(12)16/h2,8-11H,1,3-7,18H2. The molecule has 98 valence electrons. The zero-order valence-electron chi connectivity index (χ0n) is 10.5. The Balaban J connectivity index is 2.10. The minimum atomic E-state index is -0.902. The highest BCUT2D eigenvalue weighted by molar-refractivity contribution is 5.43. The first kappa shape index (κ1) is 13.1. The van der Waals surface area contributed by atoms with Crippen molar-refractivity contribution in [3.8, 4) is 0 Å². The molecule has 18 heavy (non-hydrogen) atoms. The smallest absolute Gasteiger partial charge is 0.181 e. The molecule has 0 aliphatic heterocycles. The number of nitrogen functional groups attached to an aromatic ring is 1. The predicted octanol–water partition coefficient (Wildman–Crippen LogP) is 4.40. The van der Waals surface area contributed by atoms with Gasteiger partial charge in [0.05, 0.1) is 5.69 Å². The van der Waals surface area contributed by atoms with E-state index in [1.54, 1.807) is 6.07 Å². The molecule has 2 N–H and O–H groups in total. The van der Waals surface area contributed by atoms with Gasteiger partial charge < -0.3 is 5.73 Å². The van der Waals surface area contributed by atoms with Gasteiger partial charge >= 0.3 is 0 Å². The Labute approximate surface area is 107 Å². The van der Waals surface area contributed by atoms with Crippen LogP contribution in [0.5, 0.6) is 0 Å². The normalized spacial score (nSPS) is 23.9. The van der Waals surface area contributed by atoms with Crippen molar-refractivity contribution in [3.05, 3.63) is 42.0 Å². The lowest BCUT2D eigenvalue weighted by molar-refractivity contribution is 0.321. The van der Waals surface area contributed by atoms with E-state index in [0.29, 0.717) is 11.5 Å². The number of allylic oxidation sites excluding steroid dienone is 1. The second-order valence-corrected chi connectivity index (χ2v) is 5.11. The third-order valence-corrected chi connectivity index (χ3v) is 3.93. The summed E-state index contributed by atoms with van der Waals surface area (Å²) in [7, 11) is 0. The number of rotatable bonds is 3. The Hall–Kier alpha value is -1.38. The third kappa shape index (κ3) is 2.55. The molecule has 1 aliphatic rings. The highest BCUT2D eigenvalue weighted by Crippen LogP contribution is 2.38. The molecule has 0 bridgehead atoms. The summed E-state index contributed by atoms with van der Waals surface area (Å²) in [6.45, 7) is 3.74. The van der Waals surface area contributed by atoms with Crippen molar-refractivity contribution in [3.63, 3.8) is 0 Å². The topological polar surface area (TPSA) is 26.0 Å². The molecule has 0 unspecified atom stereocenters. The number of halogens is 2. The molecule has 0 atom stereocenters. The van der Waals surface area contributed by atoms with Crippen LogP contribution in [0.2, 0.25) is 0 Å². The zero-order valence-corrected chi connectivity index (χ0v) is 10.5. The second-order valence-electron chi connectivity index (χ2n) is 5.11. The van der Waals surface area contributed by atoms with Crippen molar-refractivity contribution in [2.45, 2.75) is 38.0 Å².